The van der Waals surface area contributed by atoms with Gasteiger partial charge >= 0.3 is 59.1 Å². The van der Waals surface area contributed by atoms with Gasteiger partial charge in [0, 0.05) is 41.4 Å². The molecule has 9 nitrogen and oxygen atoms in total. The fourth-order valence-corrected chi connectivity index (χ4v) is 7.08. The number of rotatable bonds is 11. The SMILES string of the molecule is CCCCCOCCC1=C(C)C2=NC1=CC1=NC(=CC3=C(C)/C(=C(/[O-])O)C(=N3)C(C)=C3NC(=C2)[C@@H](C)[C@@H]3CCC(=O)[O-])C(CC)=C1C.[Na+].[Na+]. The number of allylic oxidation sites excluding steroid dienone is 12. The summed E-state index contributed by atoms with van der Waals surface area (Å²) in [5.74, 6) is -2.45. The maximum atomic E-state index is 12.6. The maximum Gasteiger partial charge on any atom is 1.00 e. The van der Waals surface area contributed by atoms with Crippen molar-refractivity contribution in [2.45, 2.75) is 93.4 Å². The Morgan fingerprint density at radius 3 is 2.16 bits per heavy atom. The Hall–Kier alpha value is -2.24. The van der Waals surface area contributed by atoms with Crippen LogP contribution in [0, 0.1) is 11.8 Å². The Bertz CT molecular complexity index is 1730. The molecule has 0 aliphatic carbocycles. The molecule has 49 heavy (non-hydrogen) atoms. The maximum absolute atomic E-state index is 12.6. The molecule has 11 heteroatoms. The van der Waals surface area contributed by atoms with Crippen LogP contribution in [0.25, 0.3) is 0 Å². The molecule has 0 radical (unpaired) electrons. The van der Waals surface area contributed by atoms with E-state index < -0.39 is 11.9 Å². The number of nitrogens with one attached hydrogen (secondary N) is 1. The molecule has 8 bridgehead atoms. The standard InChI is InChI=1S/C38H48N4O5.2Na/c1-8-10-11-15-47-16-14-26-21(4)28-17-30-22(5)27(12-13-34(43)44)36(41-30)24(7)37-35(38(45)46)23(6)31(42-37)19-32-25(9-2)20(3)29(39-32)18-33(26)40-28;;/h17-19,22,27,41,45-46H,8-16H2,1-7H3,(H,43,44);;/q;2*+1/p-2/t22-,27-;;/m0../s1. The predicted molar refractivity (Wildman–Crippen MR) is 182 cm³/mol. The molecular formula is C38H46N4Na2O5. The van der Waals surface area contributed by atoms with Gasteiger partial charge in [0.25, 0.3) is 0 Å². The molecule has 0 unspecified atom stereocenters. The van der Waals surface area contributed by atoms with Crippen LogP contribution >= 0.6 is 0 Å². The molecule has 5 aliphatic heterocycles. The van der Waals surface area contributed by atoms with Crippen molar-refractivity contribution in [3.8, 4) is 0 Å². The van der Waals surface area contributed by atoms with Gasteiger partial charge in [-0.2, -0.15) is 0 Å². The van der Waals surface area contributed by atoms with Crippen LogP contribution in [0.4, 0.5) is 0 Å². The van der Waals surface area contributed by atoms with Crippen LogP contribution in [0.15, 0.2) is 107 Å². The van der Waals surface area contributed by atoms with Gasteiger partial charge in [-0.15, -0.1) is 0 Å². The smallest absolute Gasteiger partial charge is 0.629 e. The first-order chi connectivity index (χ1) is 22.5. The van der Waals surface area contributed by atoms with E-state index >= 15 is 0 Å². The average molecular weight is 685 g/mol. The number of carboxylic acids is 1. The Morgan fingerprint density at radius 2 is 1.53 bits per heavy atom. The minimum absolute atomic E-state index is 0. The molecule has 250 valence electrons. The average Bonchev–Trinajstić information content (AvgIpc) is 3.71. The van der Waals surface area contributed by atoms with Gasteiger partial charge in [-0.25, -0.2) is 15.0 Å². The molecule has 0 aromatic rings. The molecule has 0 aromatic carbocycles. The zero-order valence-electron chi connectivity index (χ0n) is 30.7. The summed E-state index contributed by atoms with van der Waals surface area (Å²) in [6, 6.07) is 0. The number of hydrogen-bond donors (Lipinski definition) is 2. The summed E-state index contributed by atoms with van der Waals surface area (Å²) in [5.41, 5.74) is 11.6. The number of unbranched alkanes of at least 4 members (excludes halogenated alkanes) is 2. The van der Waals surface area contributed by atoms with Crippen LogP contribution in [0.1, 0.15) is 93.4 Å². The third kappa shape index (κ3) is 8.63. The summed E-state index contributed by atoms with van der Waals surface area (Å²) in [7, 11) is 0. The van der Waals surface area contributed by atoms with E-state index in [1.165, 1.54) is 0 Å². The third-order valence-corrected chi connectivity index (χ3v) is 9.96. The molecule has 2 N–H and O–H groups in total. The first-order valence-corrected chi connectivity index (χ1v) is 16.9. The number of carbonyl (C=O) groups is 1. The number of fused-ring (bicyclic) bond motifs is 5. The van der Waals surface area contributed by atoms with Crippen molar-refractivity contribution in [1.29, 1.82) is 0 Å². The third-order valence-electron chi connectivity index (χ3n) is 9.96. The molecule has 0 aromatic heterocycles. The van der Waals surface area contributed by atoms with E-state index in [-0.39, 0.29) is 82.9 Å². The van der Waals surface area contributed by atoms with E-state index in [0.29, 0.717) is 35.6 Å². The number of nitrogens with zero attached hydrogens (tertiary/aromatic N) is 3. The predicted octanol–water partition coefficient (Wildman–Crippen LogP) is -0.273. The molecule has 1 fully saturated rings. The van der Waals surface area contributed by atoms with E-state index in [2.05, 4.69) is 52.1 Å². The Labute approximate surface area is 334 Å². The minimum Gasteiger partial charge on any atom is -0.629 e. The Morgan fingerprint density at radius 1 is 0.878 bits per heavy atom. The summed E-state index contributed by atoms with van der Waals surface area (Å²) in [6.07, 6.45) is 11.1. The number of aliphatic carboxylic acids is 1. The Kier molecular flexibility index (Phi) is 15.0. The van der Waals surface area contributed by atoms with Crippen molar-refractivity contribution in [2.75, 3.05) is 13.2 Å². The summed E-state index contributed by atoms with van der Waals surface area (Å²) < 4.78 is 6.02. The van der Waals surface area contributed by atoms with Gasteiger partial charge in [0.15, 0.2) is 0 Å². The van der Waals surface area contributed by atoms with Crippen LogP contribution in [0.5, 0.6) is 0 Å². The molecule has 5 aliphatic rings. The largest absolute Gasteiger partial charge is 1.00 e. The molecule has 5 heterocycles. The van der Waals surface area contributed by atoms with Crippen molar-refractivity contribution >= 4 is 23.1 Å². The summed E-state index contributed by atoms with van der Waals surface area (Å²) in [4.78, 5) is 26.7. The first kappa shape index (κ1) is 41.2. The first-order valence-electron chi connectivity index (χ1n) is 16.9. The van der Waals surface area contributed by atoms with Crippen LogP contribution < -0.4 is 74.6 Å². The van der Waals surface area contributed by atoms with Gasteiger partial charge in [-0.1, -0.05) is 33.6 Å². The van der Waals surface area contributed by atoms with Gasteiger partial charge in [-0.05, 0) is 111 Å². The van der Waals surface area contributed by atoms with Crippen molar-refractivity contribution in [3.63, 3.8) is 0 Å². The molecule has 0 amide bonds. The number of carbonyl (C=O) groups excluding carboxylic acids is 1. The molecule has 1 saturated heterocycles. The fourth-order valence-electron chi connectivity index (χ4n) is 7.08. The molecule has 0 spiro atoms. The number of aliphatic hydroxyl groups excluding tert-OH is 1. The topological polar surface area (TPSA) is 142 Å². The van der Waals surface area contributed by atoms with E-state index in [1.54, 1.807) is 6.92 Å². The minimum atomic E-state index is -1.12. The molecule has 0 saturated carbocycles. The number of ether oxygens (including phenoxy) is 1. The van der Waals surface area contributed by atoms with Crippen LogP contribution in [0.2, 0.25) is 0 Å². The van der Waals surface area contributed by atoms with Gasteiger partial charge in [0.05, 0.1) is 46.8 Å². The van der Waals surface area contributed by atoms with E-state index in [4.69, 9.17) is 19.7 Å². The van der Waals surface area contributed by atoms with Crippen molar-refractivity contribution in [2.24, 2.45) is 26.8 Å². The number of carboxylic acid groups (broad SMARTS) is 1. The van der Waals surface area contributed by atoms with Crippen LogP contribution in [-0.4, -0.2) is 41.4 Å². The zero-order valence-corrected chi connectivity index (χ0v) is 34.7. The quantitative estimate of drug-likeness (QED) is 0.175. The normalized spacial score (nSPS) is 22.6. The van der Waals surface area contributed by atoms with Crippen molar-refractivity contribution in [3.05, 3.63) is 91.7 Å². The summed E-state index contributed by atoms with van der Waals surface area (Å²) in [6.45, 7) is 15.5. The van der Waals surface area contributed by atoms with Gasteiger partial charge in [0.1, 0.15) is 0 Å². The second-order valence-electron chi connectivity index (χ2n) is 12.9. The zero-order chi connectivity index (χ0) is 34.0. The number of aliphatic imine (C=N–C) groups is 3. The van der Waals surface area contributed by atoms with Gasteiger partial charge in [0.2, 0.25) is 0 Å². The van der Waals surface area contributed by atoms with Crippen molar-refractivity contribution in [1.82, 2.24) is 5.32 Å². The second kappa shape index (κ2) is 17.8. The van der Waals surface area contributed by atoms with Gasteiger partial charge in [-0.3, -0.25) is 0 Å². The van der Waals surface area contributed by atoms with Gasteiger partial charge < -0.3 is 30.2 Å². The second-order valence-corrected chi connectivity index (χ2v) is 12.9. The van der Waals surface area contributed by atoms with E-state index in [1.807, 2.05) is 13.0 Å². The molecule has 5 rings (SSSR count). The summed E-state index contributed by atoms with van der Waals surface area (Å²) in [5, 5.41) is 38.1. The van der Waals surface area contributed by atoms with E-state index in [0.717, 1.165) is 95.2 Å². The Balaban J connectivity index is 0.00000325. The fraction of sp³-hybridized carbons (Fsp3) is 0.474. The molecular weight excluding hydrogens is 638 g/mol. The van der Waals surface area contributed by atoms with E-state index in [9.17, 15) is 20.1 Å². The van der Waals surface area contributed by atoms with Crippen LogP contribution in [-0.2, 0) is 9.53 Å². The number of aliphatic hydroxyl groups is 1. The van der Waals surface area contributed by atoms with Crippen LogP contribution in [0.3, 0.4) is 0 Å². The molecule has 2 atom stereocenters. The number of hydrogen-bond acceptors (Lipinski definition) is 9. The monoisotopic (exact) mass is 684 g/mol. The summed E-state index contributed by atoms with van der Waals surface area (Å²) >= 11 is 0. The van der Waals surface area contributed by atoms with Crippen molar-refractivity contribution < 1.29 is 84.0 Å².